The molecule has 0 saturated carbocycles. The Morgan fingerprint density at radius 1 is 0.867 bits per heavy atom. The van der Waals surface area contributed by atoms with Gasteiger partial charge < -0.3 is 14.6 Å². The van der Waals surface area contributed by atoms with Crippen LogP contribution in [0.15, 0.2) is 91.0 Å². The predicted molar refractivity (Wildman–Crippen MR) is 123 cm³/mol. The summed E-state index contributed by atoms with van der Waals surface area (Å²) in [6, 6.07) is 31.6. The van der Waals surface area contributed by atoms with E-state index in [1.165, 1.54) is 12.0 Å². The number of rotatable bonds is 9. The van der Waals surface area contributed by atoms with Gasteiger partial charge in [0, 0.05) is 0 Å². The highest BCUT2D eigenvalue weighted by Gasteiger charge is 2.38. The Kier molecular flexibility index (Phi) is 7.36. The van der Waals surface area contributed by atoms with Crippen LogP contribution in [0, 0.1) is 0 Å². The van der Waals surface area contributed by atoms with Gasteiger partial charge in [-0.2, -0.15) is 0 Å². The van der Waals surface area contributed by atoms with Crippen LogP contribution in [0.2, 0.25) is 6.32 Å². The summed E-state index contributed by atoms with van der Waals surface area (Å²) in [5.41, 5.74) is 3.57. The highest BCUT2D eigenvalue weighted by molar-refractivity contribution is 6.49. The van der Waals surface area contributed by atoms with Gasteiger partial charge in [0.15, 0.2) is 0 Å². The van der Waals surface area contributed by atoms with Crippen molar-refractivity contribution in [3.63, 3.8) is 0 Å². The largest absolute Gasteiger partial charge is 0.414 e. The molecular formula is C26H30BNO2. The van der Waals surface area contributed by atoms with E-state index in [4.69, 9.17) is 9.39 Å². The van der Waals surface area contributed by atoms with E-state index in [1.54, 1.807) is 0 Å². The molecule has 1 heterocycles. The summed E-state index contributed by atoms with van der Waals surface area (Å²) in [6.07, 6.45) is 3.22. The Morgan fingerprint density at radius 2 is 1.43 bits per heavy atom. The minimum absolute atomic E-state index is 0.0239. The van der Waals surface area contributed by atoms with Crippen molar-refractivity contribution >= 4 is 7.05 Å². The van der Waals surface area contributed by atoms with Crippen molar-refractivity contribution in [3.05, 3.63) is 108 Å². The Morgan fingerprint density at radius 3 is 2.00 bits per heavy atom. The Hall–Kier alpha value is -2.40. The molecule has 0 aromatic heterocycles. The number of unbranched alkanes of at least 4 members (excludes halogenated alkanes) is 1. The zero-order valence-corrected chi connectivity index (χ0v) is 17.6. The molecule has 0 amide bonds. The molecule has 4 heteroatoms. The van der Waals surface area contributed by atoms with Gasteiger partial charge in [0.1, 0.15) is 6.10 Å². The van der Waals surface area contributed by atoms with Crippen LogP contribution in [0.4, 0.5) is 0 Å². The molecule has 0 aliphatic carbocycles. The highest BCUT2D eigenvalue weighted by Crippen LogP contribution is 2.31. The van der Waals surface area contributed by atoms with E-state index in [-0.39, 0.29) is 25.3 Å². The SMILES string of the molecule is CCCCB1N[C@H](c2ccccc2)[C@H](COC(c2ccccc2)c2ccccc2)O1. The first kappa shape index (κ1) is 20.9. The lowest BCUT2D eigenvalue weighted by atomic mass is 9.77. The zero-order chi connectivity index (χ0) is 20.6. The molecule has 0 unspecified atom stereocenters. The van der Waals surface area contributed by atoms with Crippen molar-refractivity contribution in [2.45, 2.75) is 44.3 Å². The first-order chi connectivity index (χ1) is 14.8. The Labute approximate surface area is 180 Å². The van der Waals surface area contributed by atoms with E-state index in [0.717, 1.165) is 23.9 Å². The second-order valence-electron chi connectivity index (χ2n) is 7.90. The number of benzene rings is 3. The first-order valence-corrected chi connectivity index (χ1v) is 11.0. The van der Waals surface area contributed by atoms with Crippen LogP contribution >= 0.6 is 0 Å². The van der Waals surface area contributed by atoms with Gasteiger partial charge in [0.05, 0.1) is 18.8 Å². The molecule has 1 saturated heterocycles. The van der Waals surface area contributed by atoms with Gasteiger partial charge in [-0.05, 0) is 23.0 Å². The van der Waals surface area contributed by atoms with Crippen LogP contribution < -0.4 is 5.23 Å². The number of nitrogens with one attached hydrogen (secondary N) is 1. The summed E-state index contributed by atoms with van der Waals surface area (Å²) in [5, 5.41) is 3.69. The van der Waals surface area contributed by atoms with Crippen LogP contribution in [-0.2, 0) is 9.39 Å². The van der Waals surface area contributed by atoms with Gasteiger partial charge in [-0.25, -0.2) is 0 Å². The van der Waals surface area contributed by atoms with E-state index in [9.17, 15) is 0 Å². The van der Waals surface area contributed by atoms with Crippen LogP contribution in [0.1, 0.15) is 48.6 Å². The van der Waals surface area contributed by atoms with Gasteiger partial charge in [0.2, 0.25) is 0 Å². The van der Waals surface area contributed by atoms with E-state index >= 15 is 0 Å². The third-order valence-corrected chi connectivity index (χ3v) is 5.69. The highest BCUT2D eigenvalue weighted by atomic mass is 16.5. The third-order valence-electron chi connectivity index (χ3n) is 5.69. The first-order valence-electron chi connectivity index (χ1n) is 11.0. The molecule has 4 rings (SSSR count). The van der Waals surface area contributed by atoms with Crippen LogP contribution in [-0.4, -0.2) is 19.8 Å². The molecule has 3 aromatic carbocycles. The molecule has 3 nitrogen and oxygen atoms in total. The summed E-state index contributed by atoms with van der Waals surface area (Å²) >= 11 is 0. The van der Waals surface area contributed by atoms with Crippen LogP contribution in [0.25, 0.3) is 0 Å². The molecule has 0 spiro atoms. The van der Waals surface area contributed by atoms with Crippen molar-refractivity contribution in [2.24, 2.45) is 0 Å². The fourth-order valence-electron chi connectivity index (χ4n) is 4.12. The molecule has 2 atom stereocenters. The predicted octanol–water partition coefficient (Wildman–Crippen LogP) is 5.81. The molecule has 1 N–H and O–H groups in total. The van der Waals surface area contributed by atoms with Crippen molar-refractivity contribution in [1.82, 2.24) is 5.23 Å². The standard InChI is InChI=1S/C26H30BNO2/c1-2-3-19-27-28-25(21-13-7-4-8-14-21)24(30-27)20-29-26(22-15-9-5-10-16-22)23-17-11-6-12-18-23/h4-18,24-26,28H,2-3,19-20H2,1H3/t24-,25+/m0/s1. The normalized spacial score (nSPS) is 18.8. The minimum atomic E-state index is -0.109. The quantitative estimate of drug-likeness (QED) is 0.461. The maximum atomic E-state index is 6.54. The maximum absolute atomic E-state index is 6.54. The summed E-state index contributed by atoms with van der Waals surface area (Å²) < 4.78 is 13.0. The van der Waals surface area contributed by atoms with E-state index in [0.29, 0.717) is 6.61 Å². The fraction of sp³-hybridized carbons (Fsp3) is 0.308. The van der Waals surface area contributed by atoms with Crippen molar-refractivity contribution in [2.75, 3.05) is 6.61 Å². The topological polar surface area (TPSA) is 30.5 Å². The van der Waals surface area contributed by atoms with Gasteiger partial charge >= 0.3 is 7.05 Å². The molecule has 3 aromatic rings. The van der Waals surface area contributed by atoms with Gasteiger partial charge in [0.25, 0.3) is 0 Å². The summed E-state index contributed by atoms with van der Waals surface area (Å²) in [6.45, 7) is 2.75. The van der Waals surface area contributed by atoms with Crippen LogP contribution in [0.3, 0.4) is 0 Å². The van der Waals surface area contributed by atoms with Crippen LogP contribution in [0.5, 0.6) is 0 Å². The molecule has 0 radical (unpaired) electrons. The maximum Gasteiger partial charge on any atom is 0.380 e. The smallest absolute Gasteiger partial charge is 0.380 e. The lowest BCUT2D eigenvalue weighted by molar-refractivity contribution is 0.0160. The lowest BCUT2D eigenvalue weighted by Crippen LogP contribution is -2.30. The number of ether oxygens (including phenoxy) is 1. The Bertz CT molecular complexity index is 836. The molecule has 0 bridgehead atoms. The van der Waals surface area contributed by atoms with Crippen molar-refractivity contribution in [1.29, 1.82) is 0 Å². The number of hydrogen-bond donors (Lipinski definition) is 1. The van der Waals surface area contributed by atoms with E-state index in [2.05, 4.69) is 91.0 Å². The fourth-order valence-corrected chi connectivity index (χ4v) is 4.12. The molecule has 30 heavy (non-hydrogen) atoms. The van der Waals surface area contributed by atoms with Gasteiger partial charge in [-0.15, -0.1) is 0 Å². The summed E-state index contributed by atoms with van der Waals surface area (Å²) in [7, 11) is 0.0793. The Balaban J connectivity index is 1.52. The molecular weight excluding hydrogens is 369 g/mol. The molecule has 1 aliphatic heterocycles. The van der Waals surface area contributed by atoms with Gasteiger partial charge in [-0.1, -0.05) is 111 Å². The average molecular weight is 399 g/mol. The molecule has 154 valence electrons. The summed E-state index contributed by atoms with van der Waals surface area (Å²) in [5.74, 6) is 0. The van der Waals surface area contributed by atoms with E-state index in [1.807, 2.05) is 12.1 Å². The second kappa shape index (κ2) is 10.6. The zero-order valence-electron chi connectivity index (χ0n) is 17.6. The lowest BCUT2D eigenvalue weighted by Gasteiger charge is -2.24. The average Bonchev–Trinajstić information content (AvgIpc) is 3.23. The molecule has 1 fully saturated rings. The van der Waals surface area contributed by atoms with Crippen molar-refractivity contribution in [3.8, 4) is 0 Å². The number of hydrogen-bond acceptors (Lipinski definition) is 3. The van der Waals surface area contributed by atoms with Crippen molar-refractivity contribution < 1.29 is 9.39 Å². The minimum Gasteiger partial charge on any atom is -0.414 e. The summed E-state index contributed by atoms with van der Waals surface area (Å²) in [4.78, 5) is 0. The molecule has 1 aliphatic rings. The second-order valence-corrected chi connectivity index (χ2v) is 7.90. The third kappa shape index (κ3) is 5.20. The van der Waals surface area contributed by atoms with E-state index < -0.39 is 0 Å². The van der Waals surface area contributed by atoms with Gasteiger partial charge in [-0.3, -0.25) is 0 Å². The monoisotopic (exact) mass is 399 g/mol.